The van der Waals surface area contributed by atoms with Crippen LogP contribution in [0, 0.1) is 26.5 Å². The van der Waals surface area contributed by atoms with E-state index in [4.69, 9.17) is 11.0 Å². The first-order valence-corrected chi connectivity index (χ1v) is 4.91. The van der Waals surface area contributed by atoms with E-state index >= 15 is 0 Å². The summed E-state index contributed by atoms with van der Waals surface area (Å²) in [6, 6.07) is 3.53. The van der Waals surface area contributed by atoms with Crippen molar-refractivity contribution < 1.29 is 8.78 Å². The van der Waals surface area contributed by atoms with Gasteiger partial charge in [-0.2, -0.15) is 5.26 Å². The smallest absolute Gasteiger partial charge is 0.139 e. The van der Waals surface area contributed by atoms with E-state index in [1.807, 2.05) is 6.07 Å². The zero-order valence-corrected chi connectivity index (χ0v) is 9.26. The van der Waals surface area contributed by atoms with Crippen molar-refractivity contribution in [2.45, 2.75) is 12.5 Å². The summed E-state index contributed by atoms with van der Waals surface area (Å²) in [4.78, 5) is 0. The van der Waals surface area contributed by atoms with E-state index in [1.165, 1.54) is 0 Å². The second kappa shape index (κ2) is 4.66. The normalized spacial score (nSPS) is 12.2. The fourth-order valence-electron chi connectivity index (χ4n) is 1.01. The first kappa shape index (κ1) is 11.3. The Labute approximate surface area is 93.9 Å². The molecule has 0 aliphatic carbocycles. The molecule has 0 saturated carbocycles. The lowest BCUT2D eigenvalue weighted by molar-refractivity contribution is 0.561. The minimum absolute atomic E-state index is 0.0411. The van der Waals surface area contributed by atoms with Crippen LogP contribution in [-0.2, 0) is 0 Å². The molecule has 0 radical (unpaired) electrons. The summed E-state index contributed by atoms with van der Waals surface area (Å²) in [7, 11) is 0. The number of benzene rings is 1. The Morgan fingerprint density at radius 2 is 1.93 bits per heavy atom. The van der Waals surface area contributed by atoms with Crippen LogP contribution in [-0.4, -0.2) is 0 Å². The van der Waals surface area contributed by atoms with Gasteiger partial charge < -0.3 is 5.73 Å². The maximum Gasteiger partial charge on any atom is 0.139 e. The Hall–Kier alpha value is -0.740. The average Bonchev–Trinajstić information content (AvgIpc) is 2.13. The van der Waals surface area contributed by atoms with Crippen molar-refractivity contribution in [2.24, 2.45) is 5.73 Å². The van der Waals surface area contributed by atoms with E-state index in [-0.39, 0.29) is 9.99 Å². The monoisotopic (exact) mass is 308 g/mol. The van der Waals surface area contributed by atoms with Crippen LogP contribution in [0.4, 0.5) is 8.78 Å². The van der Waals surface area contributed by atoms with E-state index in [0.29, 0.717) is 5.56 Å². The van der Waals surface area contributed by atoms with Crippen LogP contribution in [0.25, 0.3) is 0 Å². The third kappa shape index (κ3) is 2.39. The zero-order chi connectivity index (χ0) is 10.7. The van der Waals surface area contributed by atoms with Crippen LogP contribution in [0.15, 0.2) is 12.1 Å². The van der Waals surface area contributed by atoms with Gasteiger partial charge in [-0.05, 0) is 40.3 Å². The summed E-state index contributed by atoms with van der Waals surface area (Å²) in [6.07, 6.45) is 0.0411. The molecule has 5 heteroatoms. The van der Waals surface area contributed by atoms with Crippen molar-refractivity contribution in [3.63, 3.8) is 0 Å². The molecule has 0 aliphatic heterocycles. The molecule has 1 rings (SSSR count). The number of rotatable bonds is 2. The summed E-state index contributed by atoms with van der Waals surface area (Å²) >= 11 is 1.57. The number of nitrogens with zero attached hydrogens (tertiary/aromatic N) is 1. The Kier molecular flexibility index (Phi) is 3.77. The molecule has 0 aliphatic rings. The van der Waals surface area contributed by atoms with E-state index in [0.717, 1.165) is 12.1 Å². The van der Waals surface area contributed by atoms with E-state index in [9.17, 15) is 8.78 Å². The summed E-state index contributed by atoms with van der Waals surface area (Å²) in [5.41, 5.74) is 5.84. The van der Waals surface area contributed by atoms with Gasteiger partial charge in [0.2, 0.25) is 0 Å². The zero-order valence-electron chi connectivity index (χ0n) is 7.10. The van der Waals surface area contributed by atoms with Gasteiger partial charge in [-0.15, -0.1) is 0 Å². The molecule has 1 aromatic carbocycles. The van der Waals surface area contributed by atoms with Crippen LogP contribution in [0.1, 0.15) is 18.0 Å². The largest absolute Gasteiger partial charge is 0.323 e. The van der Waals surface area contributed by atoms with Gasteiger partial charge in [0.1, 0.15) is 11.6 Å². The summed E-state index contributed by atoms with van der Waals surface area (Å²) in [6.45, 7) is 0. The van der Waals surface area contributed by atoms with E-state index in [2.05, 4.69) is 0 Å². The number of hydrogen-bond donors (Lipinski definition) is 1. The Bertz CT molecular complexity index is 364. The standard InChI is InChI=1S/C9H7F2IN2/c10-6-3-5(8(14)1-2-13)4-7(11)9(6)12/h3-4,8H,1,14H2. The summed E-state index contributed by atoms with van der Waals surface area (Å²) in [5.74, 6) is -1.29. The second-order valence-corrected chi connectivity index (χ2v) is 3.85. The lowest BCUT2D eigenvalue weighted by Gasteiger charge is -2.08. The third-order valence-electron chi connectivity index (χ3n) is 1.75. The minimum atomic E-state index is -0.644. The Morgan fingerprint density at radius 1 is 1.43 bits per heavy atom. The molecule has 2 nitrogen and oxygen atoms in total. The first-order valence-electron chi connectivity index (χ1n) is 3.83. The SMILES string of the molecule is N#CCC(N)c1cc(F)c(I)c(F)c1. The van der Waals surface area contributed by atoms with Gasteiger partial charge in [0.05, 0.1) is 16.1 Å². The molecule has 0 heterocycles. The molecule has 2 N–H and O–H groups in total. The molecule has 0 spiro atoms. The van der Waals surface area contributed by atoms with Crippen molar-refractivity contribution in [1.82, 2.24) is 0 Å². The van der Waals surface area contributed by atoms with Crippen LogP contribution in [0.5, 0.6) is 0 Å². The van der Waals surface area contributed by atoms with Gasteiger partial charge in [0.25, 0.3) is 0 Å². The van der Waals surface area contributed by atoms with Gasteiger partial charge in [-0.1, -0.05) is 0 Å². The highest BCUT2D eigenvalue weighted by Gasteiger charge is 2.12. The van der Waals surface area contributed by atoms with Crippen LogP contribution in [0.3, 0.4) is 0 Å². The highest BCUT2D eigenvalue weighted by Crippen LogP contribution is 2.21. The first-order chi connectivity index (χ1) is 6.56. The van der Waals surface area contributed by atoms with Gasteiger partial charge >= 0.3 is 0 Å². The van der Waals surface area contributed by atoms with Gasteiger partial charge in [-0.25, -0.2) is 8.78 Å². The van der Waals surface area contributed by atoms with Gasteiger partial charge in [0.15, 0.2) is 0 Å². The molecule has 0 bridgehead atoms. The average molecular weight is 308 g/mol. The van der Waals surface area contributed by atoms with Crippen LogP contribution in [0.2, 0.25) is 0 Å². The fourth-order valence-corrected chi connectivity index (χ4v) is 1.32. The molecule has 14 heavy (non-hydrogen) atoms. The van der Waals surface area contributed by atoms with Crippen LogP contribution < -0.4 is 5.73 Å². The lowest BCUT2D eigenvalue weighted by Crippen LogP contribution is -2.10. The predicted molar refractivity (Wildman–Crippen MR) is 56.2 cm³/mol. The fraction of sp³-hybridized carbons (Fsp3) is 0.222. The molecular weight excluding hydrogens is 301 g/mol. The Morgan fingerprint density at radius 3 is 2.36 bits per heavy atom. The highest BCUT2D eigenvalue weighted by molar-refractivity contribution is 14.1. The third-order valence-corrected chi connectivity index (χ3v) is 2.78. The molecule has 0 fully saturated rings. The summed E-state index contributed by atoms with van der Waals surface area (Å²) in [5, 5.41) is 8.37. The Balaban J connectivity index is 3.07. The van der Waals surface area contributed by atoms with Crippen molar-refractivity contribution in [3.8, 4) is 6.07 Å². The number of hydrogen-bond acceptors (Lipinski definition) is 2. The molecule has 1 atom stereocenters. The number of halogens is 3. The van der Waals surface area contributed by atoms with Crippen LogP contribution >= 0.6 is 22.6 Å². The van der Waals surface area contributed by atoms with Gasteiger partial charge in [-0.3, -0.25) is 0 Å². The van der Waals surface area contributed by atoms with E-state index < -0.39 is 17.7 Å². The molecule has 0 aromatic heterocycles. The maximum absolute atomic E-state index is 13.1. The molecular formula is C9H7F2IN2. The minimum Gasteiger partial charge on any atom is -0.323 e. The second-order valence-electron chi connectivity index (χ2n) is 2.77. The molecule has 1 unspecified atom stereocenters. The lowest BCUT2D eigenvalue weighted by atomic mass is 10.1. The molecule has 74 valence electrons. The topological polar surface area (TPSA) is 49.8 Å². The van der Waals surface area contributed by atoms with Crippen molar-refractivity contribution in [1.29, 1.82) is 5.26 Å². The van der Waals surface area contributed by atoms with Crippen molar-refractivity contribution in [2.75, 3.05) is 0 Å². The predicted octanol–water partition coefficient (Wildman–Crippen LogP) is 2.48. The quantitative estimate of drug-likeness (QED) is 0.674. The van der Waals surface area contributed by atoms with E-state index in [1.54, 1.807) is 22.6 Å². The molecule has 0 amide bonds. The number of nitrogens with two attached hydrogens (primary N) is 1. The van der Waals surface area contributed by atoms with Crippen molar-refractivity contribution in [3.05, 3.63) is 32.9 Å². The number of nitriles is 1. The van der Waals surface area contributed by atoms with Gasteiger partial charge in [0, 0.05) is 6.04 Å². The maximum atomic E-state index is 13.1. The van der Waals surface area contributed by atoms with Crippen molar-refractivity contribution >= 4 is 22.6 Å². The summed E-state index contributed by atoms with van der Waals surface area (Å²) < 4.78 is 26.0. The molecule has 1 aromatic rings. The molecule has 0 saturated heterocycles. The highest BCUT2D eigenvalue weighted by atomic mass is 127.